The molecule has 2 aromatic rings. The van der Waals surface area contributed by atoms with Crippen LogP contribution in [0.1, 0.15) is 11.3 Å². The van der Waals surface area contributed by atoms with Gasteiger partial charge in [-0.1, -0.05) is 18.2 Å². The minimum absolute atomic E-state index is 1.01. The molecule has 1 N–H and O–H groups in total. The Bertz CT molecular complexity index is 452. The fourth-order valence-electron chi connectivity index (χ4n) is 1.43. The summed E-state index contributed by atoms with van der Waals surface area (Å²) >= 11 is 0. The molecule has 3 heteroatoms. The molecule has 3 nitrogen and oxygen atoms in total. The first-order valence-corrected chi connectivity index (χ1v) is 5.20. The van der Waals surface area contributed by atoms with Gasteiger partial charge in [0.2, 0.25) is 0 Å². The quantitative estimate of drug-likeness (QED) is 0.850. The molecule has 1 heterocycles. The number of aromatic nitrogens is 2. The van der Waals surface area contributed by atoms with Crippen LogP contribution in [-0.4, -0.2) is 24.3 Å². The number of anilines is 1. The molecule has 0 aliphatic rings. The minimum Gasteiger partial charge on any atom is -0.378 e. The van der Waals surface area contributed by atoms with Crippen LogP contribution in [0.15, 0.2) is 36.5 Å². The third-order valence-corrected chi connectivity index (χ3v) is 2.39. The topological polar surface area (TPSA) is 31.9 Å². The van der Waals surface area contributed by atoms with E-state index in [0.717, 1.165) is 5.69 Å². The standard InChI is InChI=1S/C13H15N3/c1-16(2)13-7-4-11(5-8-13)3-6-12-9-10-14-15-12/h3-10H,1-2H3,(H,14,15)/b6-3+. The average Bonchev–Trinajstić information content (AvgIpc) is 2.80. The normalized spacial score (nSPS) is 10.9. The molecule has 0 spiro atoms. The van der Waals surface area contributed by atoms with Crippen molar-refractivity contribution in [3.05, 3.63) is 47.8 Å². The highest BCUT2D eigenvalue weighted by atomic mass is 15.1. The lowest BCUT2D eigenvalue weighted by atomic mass is 10.2. The third-order valence-electron chi connectivity index (χ3n) is 2.39. The van der Waals surface area contributed by atoms with Gasteiger partial charge in [-0.2, -0.15) is 5.10 Å². The highest BCUT2D eigenvalue weighted by Crippen LogP contribution is 2.13. The van der Waals surface area contributed by atoms with Crippen LogP contribution >= 0.6 is 0 Å². The predicted octanol–water partition coefficient (Wildman–Crippen LogP) is 2.65. The Labute approximate surface area is 95.4 Å². The van der Waals surface area contributed by atoms with Crippen LogP contribution < -0.4 is 4.90 Å². The van der Waals surface area contributed by atoms with Gasteiger partial charge in [0.25, 0.3) is 0 Å². The van der Waals surface area contributed by atoms with Crippen LogP contribution in [0, 0.1) is 0 Å². The summed E-state index contributed by atoms with van der Waals surface area (Å²) < 4.78 is 0. The molecule has 0 aliphatic carbocycles. The fourth-order valence-corrected chi connectivity index (χ4v) is 1.43. The number of hydrogen-bond acceptors (Lipinski definition) is 2. The number of nitrogens with one attached hydrogen (secondary N) is 1. The summed E-state index contributed by atoms with van der Waals surface area (Å²) in [4.78, 5) is 2.09. The van der Waals surface area contributed by atoms with Gasteiger partial charge in [-0.15, -0.1) is 0 Å². The molecule has 0 unspecified atom stereocenters. The van der Waals surface area contributed by atoms with E-state index in [4.69, 9.17) is 0 Å². The molecule has 0 aliphatic heterocycles. The van der Waals surface area contributed by atoms with Crippen molar-refractivity contribution in [2.24, 2.45) is 0 Å². The molecule has 1 aromatic carbocycles. The summed E-state index contributed by atoms with van der Waals surface area (Å²) in [7, 11) is 4.07. The zero-order chi connectivity index (χ0) is 11.4. The van der Waals surface area contributed by atoms with Crippen molar-refractivity contribution in [1.82, 2.24) is 10.2 Å². The molecule has 0 atom stereocenters. The second-order valence-corrected chi connectivity index (χ2v) is 3.83. The van der Waals surface area contributed by atoms with Crippen LogP contribution in [0.2, 0.25) is 0 Å². The first kappa shape index (κ1) is 10.5. The van der Waals surface area contributed by atoms with Crippen molar-refractivity contribution in [3.63, 3.8) is 0 Å². The second-order valence-electron chi connectivity index (χ2n) is 3.83. The Morgan fingerprint density at radius 3 is 2.38 bits per heavy atom. The van der Waals surface area contributed by atoms with Gasteiger partial charge in [-0.25, -0.2) is 0 Å². The van der Waals surface area contributed by atoms with Gasteiger partial charge in [0.05, 0.1) is 5.69 Å². The molecule has 1 aromatic heterocycles. The third kappa shape index (κ3) is 2.51. The summed E-state index contributed by atoms with van der Waals surface area (Å²) in [5.41, 5.74) is 3.40. The molecule has 0 saturated heterocycles. The molecular weight excluding hydrogens is 198 g/mol. The summed E-state index contributed by atoms with van der Waals surface area (Å²) in [5.74, 6) is 0. The van der Waals surface area contributed by atoms with Crippen molar-refractivity contribution < 1.29 is 0 Å². The number of H-pyrrole nitrogens is 1. The molecule has 2 rings (SSSR count). The monoisotopic (exact) mass is 213 g/mol. The van der Waals surface area contributed by atoms with Crippen molar-refractivity contribution in [2.75, 3.05) is 19.0 Å². The largest absolute Gasteiger partial charge is 0.378 e. The molecule has 0 amide bonds. The Morgan fingerprint density at radius 2 is 1.81 bits per heavy atom. The average molecular weight is 213 g/mol. The maximum absolute atomic E-state index is 3.89. The van der Waals surface area contributed by atoms with E-state index in [1.165, 1.54) is 11.3 Å². The van der Waals surface area contributed by atoms with Gasteiger partial charge < -0.3 is 4.90 Å². The zero-order valence-corrected chi connectivity index (χ0v) is 9.51. The second kappa shape index (κ2) is 4.66. The number of aromatic amines is 1. The molecule has 16 heavy (non-hydrogen) atoms. The molecular formula is C13H15N3. The van der Waals surface area contributed by atoms with E-state index in [-0.39, 0.29) is 0 Å². The smallest absolute Gasteiger partial charge is 0.0577 e. The molecule has 82 valence electrons. The minimum atomic E-state index is 1.01. The summed E-state index contributed by atoms with van der Waals surface area (Å²) in [5, 5.41) is 6.78. The van der Waals surface area contributed by atoms with E-state index in [1.54, 1.807) is 6.20 Å². The SMILES string of the molecule is CN(C)c1ccc(/C=C/c2ccn[nH]2)cc1. The van der Waals surface area contributed by atoms with Crippen LogP contribution in [0.25, 0.3) is 12.2 Å². The predicted molar refractivity (Wildman–Crippen MR) is 68.3 cm³/mol. The van der Waals surface area contributed by atoms with Gasteiger partial charge in [0.15, 0.2) is 0 Å². The van der Waals surface area contributed by atoms with Crippen molar-refractivity contribution in [3.8, 4) is 0 Å². The lowest BCUT2D eigenvalue weighted by Crippen LogP contribution is -2.07. The number of hydrogen-bond donors (Lipinski definition) is 1. The first-order chi connectivity index (χ1) is 7.75. The number of benzene rings is 1. The Hall–Kier alpha value is -2.03. The van der Waals surface area contributed by atoms with Gasteiger partial charge in [0.1, 0.15) is 0 Å². The van der Waals surface area contributed by atoms with Gasteiger partial charge in [0, 0.05) is 26.0 Å². The first-order valence-electron chi connectivity index (χ1n) is 5.20. The highest BCUT2D eigenvalue weighted by Gasteiger charge is 1.93. The van der Waals surface area contributed by atoms with E-state index < -0.39 is 0 Å². The number of nitrogens with zero attached hydrogens (tertiary/aromatic N) is 2. The van der Waals surface area contributed by atoms with Gasteiger partial charge in [-0.05, 0) is 29.8 Å². The van der Waals surface area contributed by atoms with E-state index >= 15 is 0 Å². The van der Waals surface area contributed by atoms with Gasteiger partial charge >= 0.3 is 0 Å². The highest BCUT2D eigenvalue weighted by molar-refractivity contribution is 5.68. The summed E-state index contributed by atoms with van der Waals surface area (Å²) in [6.45, 7) is 0. The van der Waals surface area contributed by atoms with E-state index in [1.807, 2.05) is 26.2 Å². The maximum atomic E-state index is 3.89. The fraction of sp³-hybridized carbons (Fsp3) is 0.154. The lowest BCUT2D eigenvalue weighted by Gasteiger charge is -2.11. The Balaban J connectivity index is 2.11. The van der Waals surface area contributed by atoms with Crippen molar-refractivity contribution in [1.29, 1.82) is 0 Å². The molecule has 0 bridgehead atoms. The Morgan fingerprint density at radius 1 is 1.06 bits per heavy atom. The van der Waals surface area contributed by atoms with Crippen molar-refractivity contribution in [2.45, 2.75) is 0 Å². The van der Waals surface area contributed by atoms with Crippen LogP contribution in [0.4, 0.5) is 5.69 Å². The molecule has 0 fully saturated rings. The summed E-state index contributed by atoms with van der Waals surface area (Å²) in [6.07, 6.45) is 5.82. The Kier molecular flexibility index (Phi) is 3.05. The summed E-state index contributed by atoms with van der Waals surface area (Å²) in [6, 6.07) is 10.3. The van der Waals surface area contributed by atoms with E-state index in [0.29, 0.717) is 0 Å². The van der Waals surface area contributed by atoms with E-state index in [2.05, 4.69) is 45.4 Å². The zero-order valence-electron chi connectivity index (χ0n) is 9.51. The van der Waals surface area contributed by atoms with Gasteiger partial charge in [-0.3, -0.25) is 5.10 Å². The lowest BCUT2D eigenvalue weighted by molar-refractivity contribution is 1.08. The molecule has 0 radical (unpaired) electrons. The van der Waals surface area contributed by atoms with Crippen LogP contribution in [0.3, 0.4) is 0 Å². The molecule has 0 saturated carbocycles. The number of rotatable bonds is 3. The van der Waals surface area contributed by atoms with E-state index in [9.17, 15) is 0 Å². The van der Waals surface area contributed by atoms with Crippen molar-refractivity contribution >= 4 is 17.8 Å². The van der Waals surface area contributed by atoms with Crippen LogP contribution in [0.5, 0.6) is 0 Å². The maximum Gasteiger partial charge on any atom is 0.0577 e. The van der Waals surface area contributed by atoms with Crippen LogP contribution in [-0.2, 0) is 0 Å².